The summed E-state index contributed by atoms with van der Waals surface area (Å²) in [4.78, 5) is 38.8. The lowest BCUT2D eigenvalue weighted by atomic mass is 10.1. The molecule has 1 fully saturated rings. The minimum Gasteiger partial charge on any atom is -0.459 e. The quantitative estimate of drug-likeness (QED) is 0.666. The fraction of sp³-hybridized carbons (Fsp3) is 0.476. The van der Waals surface area contributed by atoms with Crippen molar-refractivity contribution in [1.29, 1.82) is 0 Å². The summed E-state index contributed by atoms with van der Waals surface area (Å²) in [7, 11) is -1.31. The van der Waals surface area contributed by atoms with Gasteiger partial charge in [-0.1, -0.05) is 0 Å². The van der Waals surface area contributed by atoms with Gasteiger partial charge in [0.05, 0.1) is 28.2 Å². The van der Waals surface area contributed by atoms with Crippen molar-refractivity contribution in [2.45, 2.75) is 31.6 Å². The molecule has 0 aliphatic carbocycles. The topological polar surface area (TPSA) is 111 Å². The smallest absolute Gasteiger partial charge is 0.289 e. The van der Waals surface area contributed by atoms with Gasteiger partial charge in [-0.15, -0.1) is 0 Å². The van der Waals surface area contributed by atoms with Crippen LogP contribution in [0.25, 0.3) is 0 Å². The Balaban J connectivity index is 1.70. The standard InChI is InChI=1S/C21H27N3O6S/c1-15-8-12-30-19(15)21(27)23-9-6-17(7-10-23)31(3,28)22-20(26)16-4-5-18(25)24(14-16)11-13-29-2/h4-5,8,12,14,17H,6-7,9-11,13H2,1-3H3. The highest BCUT2D eigenvalue weighted by Gasteiger charge is 2.30. The van der Waals surface area contributed by atoms with E-state index in [0.717, 1.165) is 5.56 Å². The summed E-state index contributed by atoms with van der Waals surface area (Å²) in [5.41, 5.74) is 0.722. The van der Waals surface area contributed by atoms with E-state index in [1.807, 2.05) is 6.92 Å². The second-order valence-corrected chi connectivity index (χ2v) is 10.2. The number of hydrogen-bond acceptors (Lipinski definition) is 6. The minimum atomic E-state index is -2.83. The van der Waals surface area contributed by atoms with Crippen molar-refractivity contribution in [2.75, 3.05) is 33.1 Å². The molecule has 168 valence electrons. The average molecular weight is 450 g/mol. The van der Waals surface area contributed by atoms with Crippen LogP contribution in [0.1, 0.15) is 39.3 Å². The van der Waals surface area contributed by atoms with Crippen molar-refractivity contribution >= 4 is 21.5 Å². The summed E-state index contributed by atoms with van der Waals surface area (Å²) in [6.45, 7) is 3.28. The van der Waals surface area contributed by atoms with Gasteiger partial charge in [0.2, 0.25) is 0 Å². The van der Waals surface area contributed by atoms with Crippen molar-refractivity contribution in [1.82, 2.24) is 9.47 Å². The molecule has 2 aromatic rings. The highest BCUT2D eigenvalue weighted by atomic mass is 32.2. The van der Waals surface area contributed by atoms with E-state index in [0.29, 0.717) is 44.8 Å². The Labute approximate surface area is 181 Å². The number of aromatic nitrogens is 1. The van der Waals surface area contributed by atoms with Crippen molar-refractivity contribution in [2.24, 2.45) is 4.36 Å². The lowest BCUT2D eigenvalue weighted by Crippen LogP contribution is -2.42. The van der Waals surface area contributed by atoms with Crippen molar-refractivity contribution in [3.63, 3.8) is 0 Å². The Morgan fingerprint density at radius 2 is 1.97 bits per heavy atom. The Kier molecular flexibility index (Phi) is 7.11. The zero-order chi connectivity index (χ0) is 22.6. The van der Waals surface area contributed by atoms with Crippen LogP contribution >= 0.6 is 0 Å². The van der Waals surface area contributed by atoms with Crippen LogP contribution in [0.15, 0.2) is 44.2 Å². The number of methoxy groups -OCH3 is 1. The number of amides is 2. The number of rotatable bonds is 6. The van der Waals surface area contributed by atoms with Crippen LogP contribution in [-0.4, -0.2) is 63.8 Å². The minimum absolute atomic E-state index is 0.185. The molecule has 10 heteroatoms. The van der Waals surface area contributed by atoms with Gasteiger partial charge in [-0.3, -0.25) is 14.4 Å². The summed E-state index contributed by atoms with van der Waals surface area (Å²) in [5.74, 6) is -0.489. The summed E-state index contributed by atoms with van der Waals surface area (Å²) in [6, 6.07) is 4.41. The number of likely N-dealkylation sites (tertiary alicyclic amines) is 1. The van der Waals surface area contributed by atoms with Crippen LogP contribution in [0.5, 0.6) is 0 Å². The molecule has 3 heterocycles. The van der Waals surface area contributed by atoms with Gasteiger partial charge in [-0.25, -0.2) is 4.21 Å². The molecule has 0 radical (unpaired) electrons. The number of ether oxygens (including phenoxy) is 1. The van der Waals surface area contributed by atoms with Crippen LogP contribution < -0.4 is 5.56 Å². The van der Waals surface area contributed by atoms with Gasteiger partial charge in [0.15, 0.2) is 5.76 Å². The first kappa shape index (κ1) is 23.0. The SMILES string of the molecule is COCCn1cc(C(=O)N=S(C)(=O)C2CCN(C(=O)c3occc3C)CC2)ccc1=O. The number of piperidine rings is 1. The van der Waals surface area contributed by atoms with Crippen LogP contribution in [-0.2, 0) is 21.0 Å². The molecule has 1 aliphatic rings. The first-order valence-electron chi connectivity index (χ1n) is 10.0. The lowest BCUT2D eigenvalue weighted by molar-refractivity contribution is 0.0692. The van der Waals surface area contributed by atoms with Gasteiger partial charge in [-0.05, 0) is 31.9 Å². The van der Waals surface area contributed by atoms with Crippen LogP contribution in [0, 0.1) is 6.92 Å². The number of furan rings is 1. The molecule has 1 saturated heterocycles. The summed E-state index contributed by atoms with van der Waals surface area (Å²) >= 11 is 0. The lowest BCUT2D eigenvalue weighted by Gasteiger charge is -2.32. The van der Waals surface area contributed by atoms with Gasteiger partial charge >= 0.3 is 0 Å². The Hall–Kier alpha value is -2.72. The highest BCUT2D eigenvalue weighted by Crippen LogP contribution is 2.22. The third kappa shape index (κ3) is 5.31. The predicted octanol–water partition coefficient (Wildman–Crippen LogP) is 1.94. The maximum atomic E-state index is 13.2. The molecular weight excluding hydrogens is 422 g/mol. The predicted molar refractivity (Wildman–Crippen MR) is 116 cm³/mol. The Morgan fingerprint density at radius 1 is 1.26 bits per heavy atom. The van der Waals surface area contributed by atoms with Gasteiger partial charge in [0, 0.05) is 56.1 Å². The number of aryl methyl sites for hydroxylation is 1. The number of nitrogens with zero attached hydrogens (tertiary/aromatic N) is 3. The van der Waals surface area contributed by atoms with Crippen molar-refractivity contribution in [3.05, 3.63) is 57.9 Å². The first-order valence-corrected chi connectivity index (χ1v) is 12.0. The van der Waals surface area contributed by atoms with E-state index < -0.39 is 15.6 Å². The van der Waals surface area contributed by atoms with E-state index in [1.54, 1.807) is 11.0 Å². The number of hydrogen-bond donors (Lipinski definition) is 0. The first-order chi connectivity index (χ1) is 14.7. The molecule has 0 aromatic carbocycles. The van der Waals surface area contributed by atoms with Crippen molar-refractivity contribution < 1.29 is 23.0 Å². The van der Waals surface area contributed by atoms with Gasteiger partial charge < -0.3 is 18.6 Å². The molecule has 0 N–H and O–H groups in total. The number of carbonyl (C=O) groups is 2. The zero-order valence-corrected chi connectivity index (χ0v) is 18.7. The van der Waals surface area contributed by atoms with Crippen molar-refractivity contribution in [3.8, 4) is 0 Å². The molecule has 1 atom stereocenters. The van der Waals surface area contributed by atoms with Gasteiger partial charge in [0.1, 0.15) is 0 Å². The maximum absolute atomic E-state index is 13.2. The Bertz CT molecular complexity index is 1130. The number of pyridine rings is 1. The molecule has 9 nitrogen and oxygen atoms in total. The summed E-state index contributed by atoms with van der Waals surface area (Å²) < 4.78 is 28.8. The van der Waals surface area contributed by atoms with E-state index in [1.165, 1.54) is 42.5 Å². The van der Waals surface area contributed by atoms with Crippen LogP contribution in [0.3, 0.4) is 0 Å². The molecule has 0 bridgehead atoms. The van der Waals surface area contributed by atoms with Gasteiger partial charge in [0.25, 0.3) is 17.4 Å². The second-order valence-electron chi connectivity index (χ2n) is 7.62. The third-order valence-electron chi connectivity index (χ3n) is 5.43. The monoisotopic (exact) mass is 449 g/mol. The third-order valence-corrected chi connectivity index (χ3v) is 7.67. The molecule has 2 amide bonds. The average Bonchev–Trinajstić information content (AvgIpc) is 3.18. The summed E-state index contributed by atoms with van der Waals surface area (Å²) in [5, 5.41) is -0.308. The fourth-order valence-electron chi connectivity index (χ4n) is 3.55. The fourth-order valence-corrected chi connectivity index (χ4v) is 5.22. The molecule has 31 heavy (non-hydrogen) atoms. The highest BCUT2D eigenvalue weighted by molar-refractivity contribution is 7.93. The van der Waals surface area contributed by atoms with Crippen LogP contribution in [0.2, 0.25) is 0 Å². The second kappa shape index (κ2) is 9.61. The molecule has 0 spiro atoms. The number of carbonyl (C=O) groups excluding carboxylic acids is 2. The van der Waals surface area contributed by atoms with E-state index in [4.69, 9.17) is 9.15 Å². The molecule has 1 unspecified atom stereocenters. The maximum Gasteiger partial charge on any atom is 0.289 e. The molecule has 3 rings (SSSR count). The molecule has 1 aliphatic heterocycles. The normalized spacial score (nSPS) is 16.7. The molecule has 2 aromatic heterocycles. The van der Waals surface area contributed by atoms with E-state index in [9.17, 15) is 18.6 Å². The zero-order valence-electron chi connectivity index (χ0n) is 17.9. The molecular formula is C21H27N3O6S. The van der Waals surface area contributed by atoms with E-state index in [-0.39, 0.29) is 22.3 Å². The summed E-state index contributed by atoms with van der Waals surface area (Å²) in [6.07, 6.45) is 5.33. The largest absolute Gasteiger partial charge is 0.459 e. The van der Waals surface area contributed by atoms with E-state index in [2.05, 4.69) is 4.36 Å². The molecule has 0 saturated carbocycles. The Morgan fingerprint density at radius 3 is 2.58 bits per heavy atom. The van der Waals surface area contributed by atoms with Gasteiger partial charge in [-0.2, -0.15) is 4.36 Å². The van der Waals surface area contributed by atoms with Crippen LogP contribution in [0.4, 0.5) is 0 Å². The van der Waals surface area contributed by atoms with E-state index >= 15 is 0 Å².